The zero-order valence-corrected chi connectivity index (χ0v) is 26.3. The number of amides is 1. The summed E-state index contributed by atoms with van der Waals surface area (Å²) in [6, 6.07) is 26.4. The monoisotopic (exact) mass is 631 g/mol. The van der Waals surface area contributed by atoms with E-state index in [0.29, 0.717) is 39.8 Å². The minimum Gasteiger partial charge on any atom is -0.493 e. The molecule has 5 rings (SSSR count). The highest BCUT2D eigenvalue weighted by atomic mass is 31.2. The van der Waals surface area contributed by atoms with E-state index in [1.54, 1.807) is 35.2 Å². The lowest BCUT2D eigenvalue weighted by Gasteiger charge is -2.43. The lowest BCUT2D eigenvalue weighted by molar-refractivity contribution is -0.119. The van der Waals surface area contributed by atoms with Gasteiger partial charge in [0.2, 0.25) is 5.75 Å². The van der Waals surface area contributed by atoms with Crippen molar-refractivity contribution >= 4 is 19.4 Å². The van der Waals surface area contributed by atoms with Crippen LogP contribution in [-0.4, -0.2) is 34.3 Å². The number of phosphoric ester groups is 1. The first-order valence-corrected chi connectivity index (χ1v) is 15.4. The van der Waals surface area contributed by atoms with Gasteiger partial charge in [-0.1, -0.05) is 73.3 Å². The summed E-state index contributed by atoms with van der Waals surface area (Å²) >= 11 is 0. The van der Waals surface area contributed by atoms with Gasteiger partial charge in [-0.2, -0.15) is 0 Å². The normalized spacial score (nSPS) is 14.5. The molecule has 4 aromatic rings. The molecule has 1 fully saturated rings. The van der Waals surface area contributed by atoms with Crippen LogP contribution in [-0.2, 0) is 31.6 Å². The SMILES string of the molecule is C=C1C(=O)N(c2cc(OC)c(OC)c(OC)c2)C1c1ccc(OC)c(OP(=O)(OCc2ccccc2)OCc2ccccc2)c1. The third-order valence-corrected chi connectivity index (χ3v) is 8.50. The number of anilines is 1. The molecule has 0 spiro atoms. The van der Waals surface area contributed by atoms with Crippen molar-refractivity contribution in [2.45, 2.75) is 19.3 Å². The van der Waals surface area contributed by atoms with Crippen molar-refractivity contribution in [1.29, 1.82) is 0 Å². The molecule has 0 saturated carbocycles. The Morgan fingerprint density at radius 3 is 1.71 bits per heavy atom. The fraction of sp³-hybridized carbons (Fsp3) is 0.206. The molecule has 1 aliphatic heterocycles. The largest absolute Gasteiger partial charge is 0.530 e. The average molecular weight is 632 g/mol. The average Bonchev–Trinajstić information content (AvgIpc) is 3.08. The summed E-state index contributed by atoms with van der Waals surface area (Å²) in [6.45, 7) is 3.98. The van der Waals surface area contributed by atoms with Gasteiger partial charge in [-0.05, 0) is 28.8 Å². The molecule has 4 aromatic carbocycles. The Hall–Kier alpha value is -4.76. The maximum atomic E-state index is 14.1. The van der Waals surface area contributed by atoms with Crippen LogP contribution < -0.4 is 28.4 Å². The molecule has 1 amide bonds. The summed E-state index contributed by atoms with van der Waals surface area (Å²) in [4.78, 5) is 14.7. The van der Waals surface area contributed by atoms with E-state index in [0.717, 1.165) is 11.1 Å². The first kappa shape index (κ1) is 31.7. The topological polar surface area (TPSA) is 102 Å². The second kappa shape index (κ2) is 13.9. The van der Waals surface area contributed by atoms with Crippen LogP contribution in [0.1, 0.15) is 22.7 Å². The van der Waals surface area contributed by atoms with Crippen LogP contribution in [0.3, 0.4) is 0 Å². The molecule has 0 aliphatic carbocycles. The zero-order chi connectivity index (χ0) is 32.0. The van der Waals surface area contributed by atoms with Crippen LogP contribution >= 0.6 is 7.82 Å². The number of carbonyl (C=O) groups excluding carboxylic acids is 1. The number of hydrogen-bond donors (Lipinski definition) is 0. The Kier molecular flexibility index (Phi) is 9.78. The van der Waals surface area contributed by atoms with Crippen molar-refractivity contribution in [1.82, 2.24) is 0 Å². The van der Waals surface area contributed by atoms with E-state index >= 15 is 0 Å². The van der Waals surface area contributed by atoms with Crippen LogP contribution in [0.4, 0.5) is 5.69 Å². The molecule has 0 N–H and O–H groups in total. The number of rotatable bonds is 14. The van der Waals surface area contributed by atoms with Crippen molar-refractivity contribution in [3.05, 3.63) is 120 Å². The number of β-lactam (4-membered cyclic amide) rings is 1. The van der Waals surface area contributed by atoms with E-state index in [1.807, 2.05) is 60.7 Å². The Balaban J connectivity index is 1.47. The Bertz CT molecular complexity index is 1640. The number of phosphoric acid groups is 1. The first-order valence-electron chi connectivity index (χ1n) is 14.0. The van der Waals surface area contributed by atoms with Crippen LogP contribution in [0.25, 0.3) is 0 Å². The summed E-state index contributed by atoms with van der Waals surface area (Å²) in [6.07, 6.45) is 0. The van der Waals surface area contributed by atoms with Crippen LogP contribution in [0.2, 0.25) is 0 Å². The molecule has 10 nitrogen and oxygen atoms in total. The van der Waals surface area contributed by atoms with E-state index in [2.05, 4.69) is 6.58 Å². The van der Waals surface area contributed by atoms with Crippen molar-refractivity contribution in [3.8, 4) is 28.7 Å². The predicted octanol–water partition coefficient (Wildman–Crippen LogP) is 7.29. The van der Waals surface area contributed by atoms with Crippen LogP contribution in [0.5, 0.6) is 28.7 Å². The number of carbonyl (C=O) groups is 1. The Morgan fingerprint density at radius 2 is 1.22 bits per heavy atom. The lowest BCUT2D eigenvalue weighted by atomic mass is 9.88. The highest BCUT2D eigenvalue weighted by Gasteiger charge is 2.44. The smallest absolute Gasteiger partial charge is 0.493 e. The summed E-state index contributed by atoms with van der Waals surface area (Å²) in [7, 11) is 1.76. The molecular formula is C34H34NO9P. The molecule has 1 unspecified atom stereocenters. The highest BCUT2D eigenvalue weighted by molar-refractivity contribution is 7.48. The Morgan fingerprint density at radius 1 is 0.689 bits per heavy atom. The fourth-order valence-corrected chi connectivity index (χ4v) is 6.08. The van der Waals surface area contributed by atoms with Gasteiger partial charge in [0.1, 0.15) is 0 Å². The van der Waals surface area contributed by atoms with Gasteiger partial charge in [0.15, 0.2) is 23.0 Å². The third kappa shape index (κ3) is 6.83. The number of benzene rings is 4. The van der Waals surface area contributed by atoms with Gasteiger partial charge in [-0.25, -0.2) is 4.57 Å². The second-order valence-corrected chi connectivity index (χ2v) is 11.5. The van der Waals surface area contributed by atoms with Gasteiger partial charge in [-0.3, -0.25) is 18.7 Å². The molecule has 0 bridgehead atoms. The minimum atomic E-state index is -4.21. The van der Waals surface area contributed by atoms with Crippen LogP contribution in [0.15, 0.2) is 103 Å². The first-order chi connectivity index (χ1) is 21.8. The molecule has 0 radical (unpaired) electrons. The van der Waals surface area contributed by atoms with E-state index in [4.69, 9.17) is 32.5 Å². The lowest BCUT2D eigenvalue weighted by Crippen LogP contribution is -2.48. The minimum absolute atomic E-state index is 0.0161. The molecule has 1 heterocycles. The molecule has 11 heteroatoms. The maximum Gasteiger partial charge on any atom is 0.530 e. The third-order valence-electron chi connectivity index (χ3n) is 7.19. The quantitative estimate of drug-likeness (QED) is 0.0807. The number of methoxy groups -OCH3 is 4. The van der Waals surface area contributed by atoms with Gasteiger partial charge in [0.05, 0.1) is 53.4 Å². The Labute approximate surface area is 262 Å². The van der Waals surface area contributed by atoms with Crippen molar-refractivity contribution in [2.24, 2.45) is 0 Å². The summed E-state index contributed by atoms with van der Waals surface area (Å²) in [5.41, 5.74) is 3.06. The van der Waals surface area contributed by atoms with E-state index in [1.165, 1.54) is 28.4 Å². The van der Waals surface area contributed by atoms with Gasteiger partial charge >= 0.3 is 7.82 Å². The second-order valence-electron chi connectivity index (χ2n) is 9.95. The number of nitrogens with zero attached hydrogens (tertiary/aromatic N) is 1. The molecule has 234 valence electrons. The van der Waals surface area contributed by atoms with Crippen molar-refractivity contribution in [3.63, 3.8) is 0 Å². The van der Waals surface area contributed by atoms with Crippen LogP contribution in [0, 0.1) is 0 Å². The molecule has 1 aliphatic rings. The van der Waals surface area contributed by atoms with Gasteiger partial charge in [-0.15, -0.1) is 0 Å². The number of hydrogen-bond acceptors (Lipinski definition) is 9. The van der Waals surface area contributed by atoms with Crippen molar-refractivity contribution < 1.29 is 41.9 Å². The maximum absolute atomic E-state index is 14.1. The van der Waals surface area contributed by atoms with Gasteiger partial charge in [0, 0.05) is 17.7 Å². The van der Waals surface area contributed by atoms with E-state index < -0.39 is 13.9 Å². The fourth-order valence-electron chi connectivity index (χ4n) is 4.90. The zero-order valence-electron chi connectivity index (χ0n) is 25.4. The molecule has 1 atom stereocenters. The molecular weight excluding hydrogens is 597 g/mol. The van der Waals surface area contributed by atoms with Gasteiger partial charge in [0.25, 0.3) is 5.91 Å². The van der Waals surface area contributed by atoms with E-state index in [-0.39, 0.29) is 24.9 Å². The standard InChI is InChI=1S/C34H34NO9P/c1-23-32(35(34(23)36)27-19-30(39-3)33(41-5)31(20-27)40-4)26-16-17-28(38-2)29(18-26)44-45(37,42-21-24-12-8-6-9-13-24)43-22-25-14-10-7-11-15-25/h6-20,32H,1,21-22H2,2-5H3. The number of ether oxygens (including phenoxy) is 4. The summed E-state index contributed by atoms with van der Waals surface area (Å²) < 4.78 is 53.8. The molecule has 0 aromatic heterocycles. The van der Waals surface area contributed by atoms with Gasteiger partial charge < -0.3 is 23.5 Å². The molecule has 45 heavy (non-hydrogen) atoms. The summed E-state index contributed by atoms with van der Waals surface area (Å²) in [5.74, 6) is 1.30. The highest BCUT2D eigenvalue weighted by Crippen LogP contribution is 2.54. The predicted molar refractivity (Wildman–Crippen MR) is 169 cm³/mol. The summed E-state index contributed by atoms with van der Waals surface area (Å²) in [5, 5.41) is 0. The van der Waals surface area contributed by atoms with Crippen molar-refractivity contribution in [2.75, 3.05) is 33.3 Å². The molecule has 1 saturated heterocycles. The van der Waals surface area contributed by atoms with E-state index in [9.17, 15) is 9.36 Å².